The number of rotatable bonds is 2. The number of aromatic nitrogens is 4. The monoisotopic (exact) mass is 291 g/mol. The van der Waals surface area contributed by atoms with Gasteiger partial charge < -0.3 is 10.8 Å². The smallest absolute Gasteiger partial charge is 0.295 e. The van der Waals surface area contributed by atoms with Gasteiger partial charge in [0.25, 0.3) is 6.01 Å². The minimum atomic E-state index is -0.0799. The molecule has 0 aliphatic rings. The molecule has 0 atom stereocenters. The molecule has 4 aromatic rings. The highest BCUT2D eigenvalue weighted by molar-refractivity contribution is 6.06. The average Bonchev–Trinajstić information content (AvgIpc) is 2.86. The summed E-state index contributed by atoms with van der Waals surface area (Å²) in [5.41, 5.74) is 9.03. The number of hydrogen-bond donors (Lipinski definition) is 2. The zero-order chi connectivity index (χ0) is 15.1. The maximum atomic E-state index is 10.2. The fourth-order valence-corrected chi connectivity index (χ4v) is 2.67. The van der Waals surface area contributed by atoms with Crippen LogP contribution in [0, 0.1) is 0 Å². The van der Waals surface area contributed by atoms with Gasteiger partial charge in [0.05, 0.1) is 17.6 Å². The largest absolute Gasteiger partial charge is 0.480 e. The Kier molecular flexibility index (Phi) is 2.69. The van der Waals surface area contributed by atoms with Crippen molar-refractivity contribution in [3.05, 3.63) is 54.4 Å². The summed E-state index contributed by atoms with van der Waals surface area (Å²) in [6, 6.07) is 11.4. The van der Waals surface area contributed by atoms with Crippen molar-refractivity contribution in [1.82, 2.24) is 19.5 Å². The van der Waals surface area contributed by atoms with Crippen LogP contribution in [0.3, 0.4) is 0 Å². The topological polar surface area (TPSA) is 89.9 Å². The van der Waals surface area contributed by atoms with Gasteiger partial charge in [0.15, 0.2) is 5.82 Å². The molecule has 3 aromatic heterocycles. The zero-order valence-electron chi connectivity index (χ0n) is 11.6. The molecule has 1 aromatic carbocycles. The molecule has 0 spiro atoms. The summed E-state index contributed by atoms with van der Waals surface area (Å²) in [6.07, 6.45) is 3.48. The van der Waals surface area contributed by atoms with Crippen LogP contribution in [-0.2, 0) is 6.54 Å². The van der Waals surface area contributed by atoms with Crippen molar-refractivity contribution in [2.75, 3.05) is 5.73 Å². The Morgan fingerprint density at radius 3 is 2.77 bits per heavy atom. The van der Waals surface area contributed by atoms with E-state index in [0.29, 0.717) is 17.9 Å². The van der Waals surface area contributed by atoms with Gasteiger partial charge >= 0.3 is 0 Å². The van der Waals surface area contributed by atoms with E-state index in [1.807, 2.05) is 36.4 Å². The highest BCUT2D eigenvalue weighted by Gasteiger charge is 2.16. The number of hydrogen-bond acceptors (Lipinski definition) is 5. The quantitative estimate of drug-likeness (QED) is 0.591. The van der Waals surface area contributed by atoms with Gasteiger partial charge in [0, 0.05) is 17.8 Å². The lowest BCUT2D eigenvalue weighted by molar-refractivity contribution is 0.409. The van der Waals surface area contributed by atoms with E-state index in [-0.39, 0.29) is 6.01 Å². The van der Waals surface area contributed by atoms with E-state index in [9.17, 15) is 5.11 Å². The van der Waals surface area contributed by atoms with Crippen LogP contribution < -0.4 is 5.73 Å². The molecule has 3 heterocycles. The number of nitrogens with two attached hydrogens (primary N) is 1. The van der Waals surface area contributed by atoms with Crippen LogP contribution in [-0.4, -0.2) is 24.6 Å². The molecule has 0 bridgehead atoms. The molecule has 0 aliphatic carbocycles. The van der Waals surface area contributed by atoms with Crippen molar-refractivity contribution in [3.8, 4) is 6.01 Å². The Morgan fingerprint density at radius 1 is 1.09 bits per heavy atom. The summed E-state index contributed by atoms with van der Waals surface area (Å²) in [4.78, 5) is 12.6. The number of para-hydroxylation sites is 1. The van der Waals surface area contributed by atoms with Crippen LogP contribution in [0.1, 0.15) is 5.56 Å². The molecule has 0 aliphatic heterocycles. The second kappa shape index (κ2) is 4.70. The highest BCUT2D eigenvalue weighted by Crippen LogP contribution is 2.31. The molecule has 22 heavy (non-hydrogen) atoms. The van der Waals surface area contributed by atoms with E-state index in [1.165, 1.54) is 0 Å². The fraction of sp³-hybridized carbons (Fsp3) is 0.0625. The predicted octanol–water partition coefficient (Wildman–Crippen LogP) is 2.32. The third kappa shape index (κ3) is 1.85. The van der Waals surface area contributed by atoms with E-state index in [2.05, 4.69) is 15.0 Å². The van der Waals surface area contributed by atoms with Crippen LogP contribution in [0.2, 0.25) is 0 Å². The first kappa shape index (κ1) is 12.6. The Balaban J connectivity index is 2.03. The van der Waals surface area contributed by atoms with Crippen molar-refractivity contribution in [3.63, 3.8) is 0 Å². The maximum absolute atomic E-state index is 10.2. The molecule has 0 fully saturated rings. The summed E-state index contributed by atoms with van der Waals surface area (Å²) in [5.74, 6) is 0.314. The molecular weight excluding hydrogens is 278 g/mol. The second-order valence-electron chi connectivity index (χ2n) is 5.07. The number of pyridine rings is 2. The van der Waals surface area contributed by atoms with E-state index in [1.54, 1.807) is 17.0 Å². The van der Waals surface area contributed by atoms with Crippen LogP contribution in [0.25, 0.3) is 21.9 Å². The predicted molar refractivity (Wildman–Crippen MR) is 84.5 cm³/mol. The summed E-state index contributed by atoms with van der Waals surface area (Å²) >= 11 is 0. The molecule has 0 amide bonds. The number of nitrogen functional groups attached to an aromatic ring is 1. The minimum Gasteiger partial charge on any atom is -0.480 e. The number of anilines is 1. The molecule has 3 N–H and O–H groups in total. The van der Waals surface area contributed by atoms with Gasteiger partial charge in [-0.25, -0.2) is 4.98 Å². The normalized spacial score (nSPS) is 11.3. The SMILES string of the molecule is Nc1nc2ccccc2c2c1nc(O)n2Cc1cccnc1. The van der Waals surface area contributed by atoms with E-state index in [4.69, 9.17) is 5.73 Å². The molecule has 6 heteroatoms. The van der Waals surface area contributed by atoms with Gasteiger partial charge in [-0.3, -0.25) is 9.55 Å². The molecule has 0 saturated heterocycles. The number of fused-ring (bicyclic) bond motifs is 3. The molecule has 108 valence electrons. The number of aromatic hydroxyl groups is 1. The van der Waals surface area contributed by atoms with Crippen LogP contribution in [0.4, 0.5) is 5.82 Å². The summed E-state index contributed by atoms with van der Waals surface area (Å²) in [7, 11) is 0. The third-order valence-electron chi connectivity index (χ3n) is 3.65. The summed E-state index contributed by atoms with van der Waals surface area (Å²) in [6.45, 7) is 0.462. The molecule has 6 nitrogen and oxygen atoms in total. The van der Waals surface area contributed by atoms with Gasteiger partial charge in [-0.05, 0) is 17.7 Å². The average molecular weight is 291 g/mol. The minimum absolute atomic E-state index is 0.0799. The van der Waals surface area contributed by atoms with Crippen molar-refractivity contribution >= 4 is 27.8 Å². The maximum Gasteiger partial charge on any atom is 0.295 e. The van der Waals surface area contributed by atoms with E-state index in [0.717, 1.165) is 22.0 Å². The Morgan fingerprint density at radius 2 is 1.95 bits per heavy atom. The molecule has 0 saturated carbocycles. The Labute approximate surface area is 125 Å². The first-order valence-corrected chi connectivity index (χ1v) is 6.86. The first-order valence-electron chi connectivity index (χ1n) is 6.86. The van der Waals surface area contributed by atoms with Gasteiger partial charge in [-0.1, -0.05) is 24.3 Å². The summed E-state index contributed by atoms with van der Waals surface area (Å²) in [5, 5.41) is 11.1. The van der Waals surface area contributed by atoms with Crippen LogP contribution in [0.15, 0.2) is 48.8 Å². The van der Waals surface area contributed by atoms with E-state index >= 15 is 0 Å². The number of benzene rings is 1. The van der Waals surface area contributed by atoms with Gasteiger partial charge in [-0.15, -0.1) is 0 Å². The van der Waals surface area contributed by atoms with Crippen molar-refractivity contribution in [1.29, 1.82) is 0 Å². The molecule has 0 radical (unpaired) electrons. The van der Waals surface area contributed by atoms with Gasteiger partial charge in [-0.2, -0.15) is 4.98 Å². The molecule has 0 unspecified atom stereocenters. The van der Waals surface area contributed by atoms with E-state index < -0.39 is 0 Å². The standard InChI is InChI=1S/C16H13N5O/c17-15-13-14(11-5-1-2-6-12(11)19-15)21(16(22)20-13)9-10-4-3-7-18-8-10/h1-8H,9H2,(H2,17,19)(H,20,22). The van der Waals surface area contributed by atoms with Crippen LogP contribution in [0.5, 0.6) is 6.01 Å². The zero-order valence-corrected chi connectivity index (χ0v) is 11.6. The second-order valence-corrected chi connectivity index (χ2v) is 5.07. The lowest BCUT2D eigenvalue weighted by atomic mass is 10.2. The van der Waals surface area contributed by atoms with Crippen LogP contribution >= 0.6 is 0 Å². The van der Waals surface area contributed by atoms with Crippen molar-refractivity contribution in [2.45, 2.75) is 6.54 Å². The lowest BCUT2D eigenvalue weighted by Crippen LogP contribution is -2.01. The summed E-state index contributed by atoms with van der Waals surface area (Å²) < 4.78 is 1.73. The Hall–Kier alpha value is -3.15. The number of imidazole rings is 1. The van der Waals surface area contributed by atoms with Crippen molar-refractivity contribution in [2.24, 2.45) is 0 Å². The van der Waals surface area contributed by atoms with Crippen molar-refractivity contribution < 1.29 is 5.11 Å². The Bertz CT molecular complexity index is 978. The lowest BCUT2D eigenvalue weighted by Gasteiger charge is -2.08. The highest BCUT2D eigenvalue weighted by atomic mass is 16.3. The first-order chi connectivity index (χ1) is 10.7. The molecule has 4 rings (SSSR count). The number of nitrogens with zero attached hydrogens (tertiary/aromatic N) is 4. The molecular formula is C16H13N5O. The fourth-order valence-electron chi connectivity index (χ4n) is 2.67. The van der Waals surface area contributed by atoms with Gasteiger partial charge in [0.1, 0.15) is 5.52 Å². The third-order valence-corrected chi connectivity index (χ3v) is 3.65. The van der Waals surface area contributed by atoms with Gasteiger partial charge in [0.2, 0.25) is 0 Å².